The number of anilines is 2. The van der Waals surface area contributed by atoms with Crippen molar-refractivity contribution < 1.29 is 23.7 Å². The van der Waals surface area contributed by atoms with Crippen LogP contribution in [0.1, 0.15) is 18.4 Å². The van der Waals surface area contributed by atoms with Gasteiger partial charge in [0.15, 0.2) is 17.3 Å². The van der Waals surface area contributed by atoms with Gasteiger partial charge in [-0.25, -0.2) is 9.97 Å². The van der Waals surface area contributed by atoms with Crippen LogP contribution in [0.2, 0.25) is 0 Å². The molecular weight excluding hydrogens is 462 g/mol. The van der Waals surface area contributed by atoms with Crippen LogP contribution in [-0.2, 0) is 9.47 Å². The number of methoxy groups -OCH3 is 2. The molecule has 0 unspecified atom stereocenters. The Morgan fingerprint density at radius 3 is 2.28 bits per heavy atom. The Morgan fingerprint density at radius 1 is 0.861 bits per heavy atom. The van der Waals surface area contributed by atoms with Crippen LogP contribution >= 0.6 is 0 Å². The van der Waals surface area contributed by atoms with E-state index < -0.39 is 0 Å². The first kappa shape index (κ1) is 25.7. The zero-order valence-electron chi connectivity index (χ0n) is 21.1. The van der Waals surface area contributed by atoms with Gasteiger partial charge in [-0.05, 0) is 62.7 Å². The molecular formula is C26H35N5O5. The Kier molecular flexibility index (Phi) is 9.37. The quantitative estimate of drug-likeness (QED) is 0.240. The average Bonchev–Trinajstić information content (AvgIpc) is 2.90. The molecule has 0 aliphatic carbocycles. The Balaban J connectivity index is 1.48. The van der Waals surface area contributed by atoms with Crippen molar-refractivity contribution in [1.29, 1.82) is 0 Å². The molecule has 1 saturated heterocycles. The average molecular weight is 498 g/mol. The summed E-state index contributed by atoms with van der Waals surface area (Å²) in [4.78, 5) is 8.84. The van der Waals surface area contributed by atoms with Crippen LogP contribution in [0.5, 0.6) is 17.2 Å². The Labute approximate surface area is 211 Å². The lowest BCUT2D eigenvalue weighted by Crippen LogP contribution is -2.34. The van der Waals surface area contributed by atoms with E-state index >= 15 is 0 Å². The molecule has 4 rings (SSSR count). The van der Waals surface area contributed by atoms with E-state index in [4.69, 9.17) is 23.7 Å². The molecule has 0 saturated carbocycles. The molecule has 2 heterocycles. The summed E-state index contributed by atoms with van der Waals surface area (Å²) in [5.74, 6) is 2.71. The van der Waals surface area contributed by atoms with Gasteiger partial charge in [-0.3, -0.25) is 10.9 Å². The monoisotopic (exact) mass is 497 g/mol. The van der Waals surface area contributed by atoms with E-state index in [0.717, 1.165) is 53.8 Å². The van der Waals surface area contributed by atoms with Gasteiger partial charge in [0.1, 0.15) is 31.4 Å². The Bertz CT molecular complexity index is 1120. The maximum Gasteiger partial charge on any atom is 0.163 e. The minimum atomic E-state index is 0.262. The zero-order valence-corrected chi connectivity index (χ0v) is 21.1. The third kappa shape index (κ3) is 6.87. The van der Waals surface area contributed by atoms with E-state index in [2.05, 4.69) is 33.1 Å². The Morgan fingerprint density at radius 2 is 1.58 bits per heavy atom. The highest BCUT2D eigenvalue weighted by Crippen LogP contribution is 2.34. The van der Waals surface area contributed by atoms with Gasteiger partial charge in [0, 0.05) is 25.7 Å². The van der Waals surface area contributed by atoms with Gasteiger partial charge < -0.3 is 29.0 Å². The number of aryl methyl sites for hydroxylation is 1. The molecule has 1 aliphatic rings. The van der Waals surface area contributed by atoms with Crippen LogP contribution in [0, 0.1) is 6.92 Å². The minimum absolute atomic E-state index is 0.262. The molecule has 2 aromatic carbocycles. The number of nitrogens with zero attached hydrogens (tertiary/aromatic N) is 2. The summed E-state index contributed by atoms with van der Waals surface area (Å²) >= 11 is 0. The van der Waals surface area contributed by atoms with Crippen molar-refractivity contribution in [3.8, 4) is 17.2 Å². The minimum Gasteiger partial charge on any atom is -0.490 e. The fourth-order valence-corrected chi connectivity index (χ4v) is 3.94. The molecule has 0 amide bonds. The fourth-order valence-electron chi connectivity index (χ4n) is 3.94. The maximum absolute atomic E-state index is 6.21. The molecule has 1 aromatic heterocycles. The van der Waals surface area contributed by atoms with Gasteiger partial charge in [-0.2, -0.15) is 0 Å². The highest BCUT2D eigenvalue weighted by molar-refractivity contribution is 5.92. The summed E-state index contributed by atoms with van der Waals surface area (Å²) in [5, 5.41) is 4.16. The number of piperidine rings is 1. The Hall–Kier alpha value is -3.34. The van der Waals surface area contributed by atoms with E-state index in [1.54, 1.807) is 14.2 Å². The second-order valence-electron chi connectivity index (χ2n) is 8.52. The molecule has 3 aromatic rings. The summed E-state index contributed by atoms with van der Waals surface area (Å²) in [5.41, 5.74) is 9.14. The van der Waals surface area contributed by atoms with Crippen LogP contribution in [-0.4, -0.2) is 69.8 Å². The van der Waals surface area contributed by atoms with Gasteiger partial charge in [0.25, 0.3) is 0 Å². The summed E-state index contributed by atoms with van der Waals surface area (Å²) in [6.07, 6.45) is 3.83. The van der Waals surface area contributed by atoms with E-state index in [0.29, 0.717) is 43.7 Å². The van der Waals surface area contributed by atoms with Crippen molar-refractivity contribution in [2.75, 3.05) is 64.6 Å². The summed E-state index contributed by atoms with van der Waals surface area (Å²) in [7, 11) is 3.27. The summed E-state index contributed by atoms with van der Waals surface area (Å²) in [6, 6.07) is 9.76. The third-order valence-electron chi connectivity index (χ3n) is 5.87. The van der Waals surface area contributed by atoms with Crippen molar-refractivity contribution in [1.82, 2.24) is 15.3 Å². The number of aromatic nitrogens is 2. The van der Waals surface area contributed by atoms with Gasteiger partial charge in [-0.15, -0.1) is 0 Å². The molecule has 3 N–H and O–H groups in total. The largest absolute Gasteiger partial charge is 0.490 e. The predicted octanol–water partition coefficient (Wildman–Crippen LogP) is 3.56. The molecule has 0 bridgehead atoms. The molecule has 1 aliphatic heterocycles. The molecule has 194 valence electrons. The molecule has 1 fully saturated rings. The molecule has 0 spiro atoms. The lowest BCUT2D eigenvalue weighted by molar-refractivity contribution is 0.132. The van der Waals surface area contributed by atoms with Crippen molar-refractivity contribution in [2.24, 2.45) is 0 Å². The smallest absolute Gasteiger partial charge is 0.163 e. The number of hydrazine groups is 1. The van der Waals surface area contributed by atoms with Crippen LogP contribution in [0.3, 0.4) is 0 Å². The van der Waals surface area contributed by atoms with E-state index in [9.17, 15) is 0 Å². The molecule has 36 heavy (non-hydrogen) atoms. The van der Waals surface area contributed by atoms with Crippen molar-refractivity contribution in [2.45, 2.75) is 25.9 Å². The number of nitrogens with one attached hydrogen (secondary N) is 3. The van der Waals surface area contributed by atoms with E-state index in [1.165, 1.54) is 6.33 Å². The van der Waals surface area contributed by atoms with Crippen molar-refractivity contribution in [3.05, 3.63) is 42.2 Å². The maximum atomic E-state index is 6.21. The van der Waals surface area contributed by atoms with Gasteiger partial charge >= 0.3 is 0 Å². The molecule has 10 heteroatoms. The number of ether oxygens (including phenoxy) is 5. The number of fused-ring (bicyclic) bond motifs is 1. The van der Waals surface area contributed by atoms with E-state index in [-0.39, 0.29) is 6.10 Å². The van der Waals surface area contributed by atoms with Crippen molar-refractivity contribution in [3.63, 3.8) is 0 Å². The topological polar surface area (TPSA) is 108 Å². The lowest BCUT2D eigenvalue weighted by atomic mass is 10.1. The van der Waals surface area contributed by atoms with Crippen LogP contribution in [0.4, 0.5) is 11.5 Å². The number of benzene rings is 2. The predicted molar refractivity (Wildman–Crippen MR) is 139 cm³/mol. The van der Waals surface area contributed by atoms with Crippen LogP contribution < -0.4 is 30.4 Å². The highest BCUT2D eigenvalue weighted by Gasteiger charge is 2.16. The fraction of sp³-hybridized carbons (Fsp3) is 0.462. The zero-order chi connectivity index (χ0) is 25.2. The van der Waals surface area contributed by atoms with Gasteiger partial charge in [0.05, 0.1) is 24.4 Å². The van der Waals surface area contributed by atoms with Crippen LogP contribution in [0.15, 0.2) is 36.7 Å². The standard InChI is InChI=1S/C26H35N5O5/c1-18-14-19(4-5-23(18)36-20-6-8-27-9-7-20)30-31-26-21-15-24(34-12-10-32-2)25(35-13-11-33-3)16-22(21)28-17-29-26/h4-5,14-17,20,27,30H,6-13H2,1-3H3,(H,28,29,31). The number of rotatable bonds is 13. The lowest BCUT2D eigenvalue weighted by Gasteiger charge is -2.25. The summed E-state index contributed by atoms with van der Waals surface area (Å²) < 4.78 is 28.2. The normalized spacial score (nSPS) is 14.0. The first-order valence-corrected chi connectivity index (χ1v) is 12.2. The SMILES string of the molecule is COCCOc1cc2ncnc(NNc3ccc(OC4CCNCC4)c(C)c3)c2cc1OCCOC. The van der Waals surface area contributed by atoms with E-state index in [1.807, 2.05) is 30.3 Å². The number of hydrogen-bond donors (Lipinski definition) is 3. The first-order valence-electron chi connectivity index (χ1n) is 12.2. The molecule has 0 atom stereocenters. The highest BCUT2D eigenvalue weighted by atomic mass is 16.5. The van der Waals surface area contributed by atoms with Crippen LogP contribution in [0.25, 0.3) is 10.9 Å². The molecule has 0 radical (unpaired) electrons. The van der Waals surface area contributed by atoms with Gasteiger partial charge in [-0.1, -0.05) is 0 Å². The van der Waals surface area contributed by atoms with Crippen molar-refractivity contribution >= 4 is 22.4 Å². The second kappa shape index (κ2) is 13.1. The molecule has 10 nitrogen and oxygen atoms in total. The number of hydrogen-bond acceptors (Lipinski definition) is 10. The van der Waals surface area contributed by atoms with Gasteiger partial charge in [0.2, 0.25) is 0 Å². The summed E-state index contributed by atoms with van der Waals surface area (Å²) in [6.45, 7) is 5.78. The second-order valence-corrected chi connectivity index (χ2v) is 8.52. The third-order valence-corrected chi connectivity index (χ3v) is 5.87. The first-order chi connectivity index (χ1) is 17.7.